The zero-order valence-electron chi connectivity index (χ0n) is 14.8. The number of hydrogen-bond donors (Lipinski definition) is 1. The van der Waals surface area contributed by atoms with Crippen molar-refractivity contribution in [2.45, 2.75) is 83.2 Å². The SMILES string of the molecule is CCC1CCCCN1c1ccc(C(=O)NC2CCCCCC2)nn1. The smallest absolute Gasteiger partial charge is 0.272 e. The molecule has 1 aromatic rings. The Morgan fingerprint density at radius 3 is 2.50 bits per heavy atom. The van der Waals surface area contributed by atoms with Crippen molar-refractivity contribution in [2.24, 2.45) is 0 Å². The third-order valence-corrected chi connectivity index (χ3v) is 5.47. The third kappa shape index (κ3) is 4.25. The first-order valence-electron chi connectivity index (χ1n) is 9.69. The standard InChI is InChI=1S/C19H30N4O/c1-2-16-11-7-8-14-23(16)18-13-12-17(21-22-18)19(24)20-15-9-5-3-4-6-10-15/h12-13,15-16H,2-11,14H2,1H3,(H,20,24). The summed E-state index contributed by atoms with van der Waals surface area (Å²) in [4.78, 5) is 14.8. The molecule has 2 fully saturated rings. The monoisotopic (exact) mass is 330 g/mol. The molecule has 132 valence electrons. The van der Waals surface area contributed by atoms with E-state index in [1.807, 2.05) is 12.1 Å². The van der Waals surface area contributed by atoms with E-state index in [9.17, 15) is 4.79 Å². The quantitative estimate of drug-likeness (QED) is 0.855. The highest BCUT2D eigenvalue weighted by molar-refractivity contribution is 5.92. The summed E-state index contributed by atoms with van der Waals surface area (Å²) in [5.74, 6) is 0.833. The number of hydrogen-bond acceptors (Lipinski definition) is 4. The molecule has 1 aliphatic heterocycles. The molecular formula is C19H30N4O. The van der Waals surface area contributed by atoms with Gasteiger partial charge in [0.2, 0.25) is 0 Å². The van der Waals surface area contributed by atoms with Crippen molar-refractivity contribution in [2.75, 3.05) is 11.4 Å². The molecule has 1 aliphatic carbocycles. The van der Waals surface area contributed by atoms with Crippen LogP contribution < -0.4 is 10.2 Å². The Kier molecular flexibility index (Phi) is 6.05. The molecule has 1 saturated carbocycles. The molecule has 1 atom stereocenters. The van der Waals surface area contributed by atoms with Gasteiger partial charge < -0.3 is 10.2 Å². The maximum Gasteiger partial charge on any atom is 0.272 e. The minimum Gasteiger partial charge on any atom is -0.352 e. The Labute approximate surface area is 145 Å². The van der Waals surface area contributed by atoms with Crippen LogP contribution in [0, 0.1) is 0 Å². The van der Waals surface area contributed by atoms with Crippen LogP contribution in [0.2, 0.25) is 0 Å². The first-order valence-corrected chi connectivity index (χ1v) is 9.69. The van der Waals surface area contributed by atoms with E-state index >= 15 is 0 Å². The lowest BCUT2D eigenvalue weighted by Gasteiger charge is -2.35. The molecule has 5 nitrogen and oxygen atoms in total. The second-order valence-electron chi connectivity index (χ2n) is 7.19. The largest absolute Gasteiger partial charge is 0.352 e. The highest BCUT2D eigenvalue weighted by Gasteiger charge is 2.23. The molecule has 0 bridgehead atoms. The molecule has 1 unspecified atom stereocenters. The molecule has 2 aliphatic rings. The first kappa shape index (κ1) is 17.2. The minimum atomic E-state index is -0.0772. The van der Waals surface area contributed by atoms with Crippen molar-refractivity contribution in [1.82, 2.24) is 15.5 Å². The van der Waals surface area contributed by atoms with Crippen LogP contribution in [0.3, 0.4) is 0 Å². The molecule has 5 heteroatoms. The van der Waals surface area contributed by atoms with Crippen LogP contribution in [0.5, 0.6) is 0 Å². The van der Waals surface area contributed by atoms with E-state index in [4.69, 9.17) is 0 Å². The van der Waals surface area contributed by atoms with Gasteiger partial charge in [0, 0.05) is 18.6 Å². The van der Waals surface area contributed by atoms with Gasteiger partial charge in [-0.1, -0.05) is 32.6 Å². The second kappa shape index (κ2) is 8.45. The van der Waals surface area contributed by atoms with Gasteiger partial charge in [0.05, 0.1) is 0 Å². The van der Waals surface area contributed by atoms with Gasteiger partial charge in [-0.3, -0.25) is 4.79 Å². The van der Waals surface area contributed by atoms with E-state index in [0.29, 0.717) is 17.8 Å². The minimum absolute atomic E-state index is 0.0772. The van der Waals surface area contributed by atoms with Gasteiger partial charge in [0.1, 0.15) is 0 Å². The van der Waals surface area contributed by atoms with Gasteiger partial charge in [-0.2, -0.15) is 0 Å². The summed E-state index contributed by atoms with van der Waals surface area (Å²) in [6, 6.07) is 4.64. The van der Waals surface area contributed by atoms with Gasteiger partial charge in [-0.25, -0.2) is 0 Å². The zero-order valence-corrected chi connectivity index (χ0v) is 14.8. The lowest BCUT2D eigenvalue weighted by atomic mass is 10.0. The number of nitrogens with one attached hydrogen (secondary N) is 1. The van der Waals surface area contributed by atoms with Gasteiger partial charge in [0.15, 0.2) is 11.5 Å². The summed E-state index contributed by atoms with van der Waals surface area (Å²) >= 11 is 0. The summed E-state index contributed by atoms with van der Waals surface area (Å²) < 4.78 is 0. The van der Waals surface area contributed by atoms with Crippen LogP contribution >= 0.6 is 0 Å². The number of piperidine rings is 1. The molecule has 1 saturated heterocycles. The van der Waals surface area contributed by atoms with Crippen LogP contribution in [0.25, 0.3) is 0 Å². The third-order valence-electron chi connectivity index (χ3n) is 5.47. The molecule has 1 amide bonds. The van der Waals surface area contributed by atoms with Crippen molar-refractivity contribution in [3.63, 3.8) is 0 Å². The predicted molar refractivity (Wildman–Crippen MR) is 96.3 cm³/mol. The number of aromatic nitrogens is 2. The highest BCUT2D eigenvalue weighted by Crippen LogP contribution is 2.24. The Hall–Kier alpha value is -1.65. The molecule has 24 heavy (non-hydrogen) atoms. The van der Waals surface area contributed by atoms with Crippen molar-refractivity contribution in [1.29, 1.82) is 0 Å². The van der Waals surface area contributed by atoms with Crippen molar-refractivity contribution < 1.29 is 4.79 Å². The van der Waals surface area contributed by atoms with E-state index < -0.39 is 0 Å². The molecule has 3 rings (SSSR count). The van der Waals surface area contributed by atoms with Crippen LogP contribution in [-0.4, -0.2) is 34.7 Å². The zero-order chi connectivity index (χ0) is 16.8. The van der Waals surface area contributed by atoms with Crippen LogP contribution in [0.4, 0.5) is 5.82 Å². The molecule has 0 radical (unpaired) electrons. The summed E-state index contributed by atoms with van der Waals surface area (Å²) in [5.41, 5.74) is 0.438. The fourth-order valence-electron chi connectivity index (χ4n) is 4.01. The van der Waals surface area contributed by atoms with Crippen LogP contribution in [-0.2, 0) is 0 Å². The number of carbonyl (C=O) groups excluding carboxylic acids is 1. The van der Waals surface area contributed by atoms with E-state index in [-0.39, 0.29) is 5.91 Å². The average Bonchev–Trinajstić information content (AvgIpc) is 2.90. The van der Waals surface area contributed by atoms with Gasteiger partial charge in [-0.05, 0) is 50.7 Å². The molecule has 0 spiro atoms. The number of amides is 1. The second-order valence-corrected chi connectivity index (χ2v) is 7.19. The summed E-state index contributed by atoms with van der Waals surface area (Å²) in [7, 11) is 0. The van der Waals surface area contributed by atoms with Crippen LogP contribution in [0.1, 0.15) is 81.6 Å². The molecule has 2 heterocycles. The normalized spacial score (nSPS) is 22.9. The maximum absolute atomic E-state index is 12.4. The number of carbonyl (C=O) groups is 1. The van der Waals surface area contributed by atoms with E-state index in [2.05, 4.69) is 27.3 Å². The Bertz CT molecular complexity index is 523. The van der Waals surface area contributed by atoms with E-state index in [1.165, 1.54) is 44.9 Å². The molecule has 1 N–H and O–H groups in total. The van der Waals surface area contributed by atoms with E-state index in [1.54, 1.807) is 0 Å². The molecule has 1 aromatic heterocycles. The van der Waals surface area contributed by atoms with Gasteiger partial charge in [-0.15, -0.1) is 10.2 Å². The molecule has 0 aromatic carbocycles. The number of nitrogens with zero attached hydrogens (tertiary/aromatic N) is 3. The summed E-state index contributed by atoms with van der Waals surface area (Å²) in [6.07, 6.45) is 12.0. The highest BCUT2D eigenvalue weighted by atomic mass is 16.2. The lowest BCUT2D eigenvalue weighted by Crippen LogP contribution is -2.40. The fourth-order valence-corrected chi connectivity index (χ4v) is 4.01. The van der Waals surface area contributed by atoms with Crippen molar-refractivity contribution in [3.8, 4) is 0 Å². The predicted octanol–water partition coefficient (Wildman–Crippen LogP) is 3.70. The van der Waals surface area contributed by atoms with Crippen LogP contribution in [0.15, 0.2) is 12.1 Å². The average molecular weight is 330 g/mol. The van der Waals surface area contributed by atoms with Gasteiger partial charge >= 0.3 is 0 Å². The Morgan fingerprint density at radius 1 is 1.08 bits per heavy atom. The fraction of sp³-hybridized carbons (Fsp3) is 0.737. The van der Waals surface area contributed by atoms with Crippen molar-refractivity contribution >= 4 is 11.7 Å². The summed E-state index contributed by atoms with van der Waals surface area (Å²) in [6.45, 7) is 3.27. The maximum atomic E-state index is 12.4. The lowest BCUT2D eigenvalue weighted by molar-refractivity contribution is 0.0927. The first-order chi connectivity index (χ1) is 11.8. The number of rotatable bonds is 4. The Balaban J connectivity index is 1.61. The van der Waals surface area contributed by atoms with Crippen molar-refractivity contribution in [3.05, 3.63) is 17.8 Å². The van der Waals surface area contributed by atoms with Gasteiger partial charge in [0.25, 0.3) is 5.91 Å². The Morgan fingerprint density at radius 2 is 1.83 bits per heavy atom. The summed E-state index contributed by atoms with van der Waals surface area (Å²) in [5, 5.41) is 11.7. The molecular weight excluding hydrogens is 300 g/mol. The topological polar surface area (TPSA) is 58.1 Å². The van der Waals surface area contributed by atoms with E-state index in [0.717, 1.165) is 31.6 Å². The number of anilines is 1.